The van der Waals surface area contributed by atoms with Crippen LogP contribution in [0.5, 0.6) is 0 Å². The highest BCUT2D eigenvalue weighted by Crippen LogP contribution is 2.37. The SMILES string of the molecule is O=C(O)NC1CCCN(C2c3ccccc3CCc3ccccc32)C1. The normalized spacial score (nSPS) is 21.0. The first-order valence-corrected chi connectivity index (χ1v) is 9.11. The number of hydrogen-bond acceptors (Lipinski definition) is 2. The highest BCUT2D eigenvalue weighted by atomic mass is 16.4. The van der Waals surface area contributed by atoms with Crippen LogP contribution in [0.25, 0.3) is 0 Å². The monoisotopic (exact) mass is 336 g/mol. The van der Waals surface area contributed by atoms with E-state index in [0.29, 0.717) is 0 Å². The van der Waals surface area contributed by atoms with Crippen molar-refractivity contribution in [2.24, 2.45) is 0 Å². The number of benzene rings is 2. The van der Waals surface area contributed by atoms with Crippen molar-refractivity contribution in [1.82, 2.24) is 10.2 Å². The molecular weight excluding hydrogens is 312 g/mol. The molecular formula is C21H24N2O2. The van der Waals surface area contributed by atoms with Crippen molar-refractivity contribution in [2.75, 3.05) is 13.1 Å². The molecule has 4 rings (SSSR count). The number of piperidine rings is 1. The van der Waals surface area contributed by atoms with Gasteiger partial charge >= 0.3 is 6.09 Å². The molecule has 1 fully saturated rings. The summed E-state index contributed by atoms with van der Waals surface area (Å²) in [5.41, 5.74) is 5.58. The molecule has 1 atom stereocenters. The third-order valence-electron chi connectivity index (χ3n) is 5.51. The molecule has 1 heterocycles. The zero-order valence-corrected chi connectivity index (χ0v) is 14.3. The molecule has 1 saturated heterocycles. The van der Waals surface area contributed by atoms with Crippen LogP contribution in [-0.4, -0.2) is 35.2 Å². The van der Waals surface area contributed by atoms with Crippen molar-refractivity contribution in [3.63, 3.8) is 0 Å². The Hall–Kier alpha value is -2.33. The van der Waals surface area contributed by atoms with E-state index < -0.39 is 6.09 Å². The van der Waals surface area contributed by atoms with E-state index in [-0.39, 0.29) is 12.1 Å². The zero-order chi connectivity index (χ0) is 17.2. The molecule has 25 heavy (non-hydrogen) atoms. The number of likely N-dealkylation sites (tertiary alicyclic amines) is 1. The van der Waals surface area contributed by atoms with Gasteiger partial charge in [-0.3, -0.25) is 4.90 Å². The maximum Gasteiger partial charge on any atom is 0.404 e. The molecule has 0 bridgehead atoms. The largest absolute Gasteiger partial charge is 0.465 e. The smallest absolute Gasteiger partial charge is 0.404 e. The minimum Gasteiger partial charge on any atom is -0.465 e. The van der Waals surface area contributed by atoms with Gasteiger partial charge in [0.25, 0.3) is 0 Å². The summed E-state index contributed by atoms with van der Waals surface area (Å²) in [6.45, 7) is 1.77. The predicted octanol–water partition coefficient (Wildman–Crippen LogP) is 3.61. The van der Waals surface area contributed by atoms with E-state index in [4.69, 9.17) is 5.11 Å². The molecule has 4 nitrogen and oxygen atoms in total. The number of carbonyl (C=O) groups is 1. The summed E-state index contributed by atoms with van der Waals surface area (Å²) in [4.78, 5) is 13.5. The van der Waals surface area contributed by atoms with Crippen molar-refractivity contribution in [3.05, 3.63) is 70.8 Å². The van der Waals surface area contributed by atoms with Crippen LogP contribution >= 0.6 is 0 Å². The standard InChI is InChI=1S/C21H24N2O2/c24-21(25)22-17-8-5-13-23(14-17)20-18-9-3-1-6-15(18)11-12-16-7-2-4-10-19(16)20/h1-4,6-7,9-10,17,20,22H,5,8,11-14H2,(H,24,25). The van der Waals surface area contributed by atoms with E-state index in [2.05, 4.69) is 58.7 Å². The Bertz CT molecular complexity index is 726. The van der Waals surface area contributed by atoms with Gasteiger partial charge in [0.05, 0.1) is 6.04 Å². The summed E-state index contributed by atoms with van der Waals surface area (Å²) in [5, 5.41) is 11.8. The lowest BCUT2D eigenvalue weighted by molar-refractivity contribution is 0.144. The van der Waals surface area contributed by atoms with Crippen molar-refractivity contribution in [2.45, 2.75) is 37.8 Å². The van der Waals surface area contributed by atoms with Crippen LogP contribution in [0.2, 0.25) is 0 Å². The lowest BCUT2D eigenvalue weighted by Gasteiger charge is -2.39. The molecule has 0 radical (unpaired) electrons. The quantitative estimate of drug-likeness (QED) is 0.881. The van der Waals surface area contributed by atoms with Gasteiger partial charge in [0.1, 0.15) is 0 Å². The molecule has 4 heteroatoms. The Balaban J connectivity index is 1.73. The highest BCUT2D eigenvalue weighted by Gasteiger charge is 2.32. The summed E-state index contributed by atoms with van der Waals surface area (Å²) in [7, 11) is 0. The fourth-order valence-corrected chi connectivity index (χ4v) is 4.42. The van der Waals surface area contributed by atoms with E-state index in [1.54, 1.807) is 0 Å². The number of fused-ring (bicyclic) bond motifs is 2. The Labute approximate surface area is 148 Å². The molecule has 2 aliphatic rings. The van der Waals surface area contributed by atoms with Gasteiger partial charge < -0.3 is 10.4 Å². The van der Waals surface area contributed by atoms with E-state index >= 15 is 0 Å². The molecule has 0 saturated carbocycles. The van der Waals surface area contributed by atoms with Gasteiger partial charge in [0.15, 0.2) is 0 Å². The lowest BCUT2D eigenvalue weighted by Crippen LogP contribution is -2.48. The molecule has 0 aromatic heterocycles. The van der Waals surface area contributed by atoms with E-state index in [1.165, 1.54) is 22.3 Å². The average molecular weight is 336 g/mol. The second kappa shape index (κ2) is 6.89. The molecule has 1 unspecified atom stereocenters. The second-order valence-corrected chi connectivity index (χ2v) is 7.08. The summed E-state index contributed by atoms with van der Waals surface area (Å²) >= 11 is 0. The van der Waals surface area contributed by atoms with Crippen molar-refractivity contribution >= 4 is 6.09 Å². The average Bonchev–Trinajstić information content (AvgIpc) is 2.78. The van der Waals surface area contributed by atoms with Gasteiger partial charge in [-0.25, -0.2) is 4.79 Å². The lowest BCUT2D eigenvalue weighted by atomic mass is 9.91. The number of aryl methyl sites for hydroxylation is 2. The van der Waals surface area contributed by atoms with Crippen LogP contribution in [0, 0.1) is 0 Å². The Morgan fingerprint density at radius 1 is 1.00 bits per heavy atom. The number of amides is 1. The Morgan fingerprint density at radius 2 is 1.60 bits per heavy atom. The third-order valence-corrected chi connectivity index (χ3v) is 5.51. The third kappa shape index (κ3) is 3.27. The van der Waals surface area contributed by atoms with E-state index in [9.17, 15) is 4.79 Å². The summed E-state index contributed by atoms with van der Waals surface area (Å²) in [6, 6.07) is 17.7. The van der Waals surface area contributed by atoms with Crippen LogP contribution in [0.15, 0.2) is 48.5 Å². The van der Waals surface area contributed by atoms with E-state index in [1.807, 2.05) is 0 Å². The predicted molar refractivity (Wildman–Crippen MR) is 97.9 cm³/mol. The van der Waals surface area contributed by atoms with Gasteiger partial charge in [-0.2, -0.15) is 0 Å². The topological polar surface area (TPSA) is 52.6 Å². The first-order chi connectivity index (χ1) is 12.2. The molecule has 130 valence electrons. The van der Waals surface area contributed by atoms with Gasteiger partial charge in [0, 0.05) is 12.6 Å². The van der Waals surface area contributed by atoms with E-state index in [0.717, 1.165) is 38.8 Å². The molecule has 2 aromatic rings. The Kier molecular flexibility index (Phi) is 4.45. The summed E-state index contributed by atoms with van der Waals surface area (Å²) in [6.07, 6.45) is 3.14. The number of nitrogens with zero attached hydrogens (tertiary/aromatic N) is 1. The van der Waals surface area contributed by atoms with Crippen LogP contribution in [0.3, 0.4) is 0 Å². The maximum atomic E-state index is 11.1. The molecule has 1 amide bonds. The number of hydrogen-bond donors (Lipinski definition) is 2. The van der Waals surface area contributed by atoms with Gasteiger partial charge in [0.2, 0.25) is 0 Å². The van der Waals surface area contributed by atoms with Crippen LogP contribution in [0.4, 0.5) is 4.79 Å². The van der Waals surface area contributed by atoms with Crippen molar-refractivity contribution in [3.8, 4) is 0 Å². The number of nitrogens with one attached hydrogen (secondary N) is 1. The minimum absolute atomic E-state index is 0.00817. The first kappa shape index (κ1) is 16.2. The van der Waals surface area contributed by atoms with Gasteiger partial charge in [-0.1, -0.05) is 48.5 Å². The van der Waals surface area contributed by atoms with Crippen molar-refractivity contribution < 1.29 is 9.90 Å². The molecule has 1 aliphatic carbocycles. The van der Waals surface area contributed by atoms with Crippen LogP contribution in [-0.2, 0) is 12.8 Å². The fraction of sp³-hybridized carbons (Fsp3) is 0.381. The maximum absolute atomic E-state index is 11.1. The van der Waals surface area contributed by atoms with Gasteiger partial charge in [-0.05, 0) is 54.5 Å². The van der Waals surface area contributed by atoms with Crippen LogP contribution < -0.4 is 5.32 Å². The van der Waals surface area contributed by atoms with Crippen LogP contribution in [0.1, 0.15) is 41.1 Å². The van der Waals surface area contributed by atoms with Gasteiger partial charge in [-0.15, -0.1) is 0 Å². The molecule has 2 aromatic carbocycles. The molecule has 0 spiro atoms. The zero-order valence-electron chi connectivity index (χ0n) is 14.3. The minimum atomic E-state index is -0.923. The highest BCUT2D eigenvalue weighted by molar-refractivity contribution is 5.64. The molecule has 2 N–H and O–H groups in total. The molecule has 1 aliphatic heterocycles. The number of rotatable bonds is 2. The number of carboxylic acid groups (broad SMARTS) is 1. The Morgan fingerprint density at radius 3 is 2.20 bits per heavy atom. The summed E-state index contributed by atoms with van der Waals surface area (Å²) < 4.78 is 0. The first-order valence-electron chi connectivity index (χ1n) is 9.11. The van der Waals surface area contributed by atoms with Crippen molar-refractivity contribution in [1.29, 1.82) is 0 Å². The fourth-order valence-electron chi connectivity index (χ4n) is 4.42. The second-order valence-electron chi connectivity index (χ2n) is 7.08. The summed E-state index contributed by atoms with van der Waals surface area (Å²) in [5.74, 6) is 0.